The summed E-state index contributed by atoms with van der Waals surface area (Å²) in [4.78, 5) is 36.4. The molecule has 3 atom stereocenters. The van der Waals surface area contributed by atoms with Crippen LogP contribution in [0.1, 0.15) is 70.6 Å². The van der Waals surface area contributed by atoms with Gasteiger partial charge in [-0.3, -0.25) is 4.79 Å². The fourth-order valence-electron chi connectivity index (χ4n) is 4.05. The van der Waals surface area contributed by atoms with Gasteiger partial charge in [-0.1, -0.05) is 34.6 Å². The normalized spacial score (nSPS) is 22.4. The first-order valence-electron chi connectivity index (χ1n) is 9.80. The fraction of sp³-hybridized carbons (Fsp3) is 0.700. The minimum atomic E-state index is -0.539. The van der Waals surface area contributed by atoms with Gasteiger partial charge in [0.05, 0.1) is 11.7 Å². The van der Waals surface area contributed by atoms with Crippen molar-refractivity contribution in [3.05, 3.63) is 23.3 Å². The number of aromatic nitrogens is 2. The zero-order chi connectivity index (χ0) is 19.9. The molecule has 0 spiro atoms. The third kappa shape index (κ3) is 3.64. The molecular formula is C20H31N5O2. The molecule has 1 aromatic heterocycles. The number of likely N-dealkylation sites (N-methyl/N-ethyl adjacent to an activating group) is 1. The van der Waals surface area contributed by atoms with Gasteiger partial charge in [-0.15, -0.1) is 0 Å². The highest BCUT2D eigenvalue weighted by atomic mass is 16.2. The lowest BCUT2D eigenvalue weighted by atomic mass is 9.93. The molecule has 0 saturated carbocycles. The molecule has 2 bridgehead atoms. The third-order valence-electron chi connectivity index (χ3n) is 5.57. The van der Waals surface area contributed by atoms with Gasteiger partial charge in [0.15, 0.2) is 0 Å². The average Bonchev–Trinajstić information content (AvgIpc) is 2.92. The van der Waals surface area contributed by atoms with Crippen LogP contribution >= 0.6 is 0 Å². The summed E-state index contributed by atoms with van der Waals surface area (Å²) < 4.78 is 0. The second kappa shape index (κ2) is 7.09. The summed E-state index contributed by atoms with van der Waals surface area (Å²) in [6, 6.07) is -0.592. The molecule has 3 rings (SSSR count). The first kappa shape index (κ1) is 19.6. The molecule has 3 amide bonds. The molecule has 7 heteroatoms. The third-order valence-corrected chi connectivity index (χ3v) is 5.57. The van der Waals surface area contributed by atoms with Crippen molar-refractivity contribution in [2.45, 2.75) is 77.4 Å². The van der Waals surface area contributed by atoms with Gasteiger partial charge in [0, 0.05) is 36.7 Å². The van der Waals surface area contributed by atoms with Crippen LogP contribution in [0.4, 0.5) is 4.79 Å². The molecule has 1 aromatic rings. The van der Waals surface area contributed by atoms with E-state index in [0.29, 0.717) is 0 Å². The smallest absolute Gasteiger partial charge is 0.318 e. The Morgan fingerprint density at radius 1 is 1.26 bits per heavy atom. The van der Waals surface area contributed by atoms with Crippen molar-refractivity contribution in [2.75, 3.05) is 7.05 Å². The maximum Gasteiger partial charge on any atom is 0.318 e. The first-order valence-corrected chi connectivity index (χ1v) is 9.80. The van der Waals surface area contributed by atoms with E-state index in [-0.39, 0.29) is 35.4 Å². The molecule has 1 saturated heterocycles. The van der Waals surface area contributed by atoms with Crippen molar-refractivity contribution >= 4 is 11.9 Å². The van der Waals surface area contributed by atoms with E-state index >= 15 is 0 Å². The number of carbonyl (C=O) groups excluding carboxylic acids is 2. The molecule has 0 radical (unpaired) electrons. The monoisotopic (exact) mass is 373 g/mol. The highest BCUT2D eigenvalue weighted by Crippen LogP contribution is 2.43. The largest absolute Gasteiger partial charge is 0.357 e. The van der Waals surface area contributed by atoms with Crippen LogP contribution in [0.15, 0.2) is 6.20 Å². The second-order valence-corrected chi connectivity index (χ2v) is 8.99. The summed E-state index contributed by atoms with van der Waals surface area (Å²) in [6.45, 7) is 10.2. The SMILES string of the molecule is CNC(=O)[C@@H](NC(=O)N1C2CCC1c1cnc(C(C)(C)C)nc1C2)C(C)C. The number of carbonyl (C=O) groups is 2. The second-order valence-electron chi connectivity index (χ2n) is 8.99. The molecular weight excluding hydrogens is 342 g/mol. The van der Waals surface area contributed by atoms with Crippen LogP contribution in [0.25, 0.3) is 0 Å². The zero-order valence-corrected chi connectivity index (χ0v) is 17.2. The van der Waals surface area contributed by atoms with Gasteiger partial charge < -0.3 is 15.5 Å². The number of amides is 3. The zero-order valence-electron chi connectivity index (χ0n) is 17.2. The number of fused-ring (bicyclic) bond motifs is 4. The summed E-state index contributed by atoms with van der Waals surface area (Å²) >= 11 is 0. The minimum Gasteiger partial charge on any atom is -0.357 e. The van der Waals surface area contributed by atoms with Crippen molar-refractivity contribution in [3.8, 4) is 0 Å². The number of urea groups is 1. The molecule has 7 nitrogen and oxygen atoms in total. The molecule has 2 unspecified atom stereocenters. The van der Waals surface area contributed by atoms with Crippen LogP contribution < -0.4 is 10.6 Å². The van der Waals surface area contributed by atoms with Crippen LogP contribution in [0.3, 0.4) is 0 Å². The van der Waals surface area contributed by atoms with Crippen molar-refractivity contribution < 1.29 is 9.59 Å². The van der Waals surface area contributed by atoms with Gasteiger partial charge in [0.2, 0.25) is 5.91 Å². The quantitative estimate of drug-likeness (QED) is 0.851. The van der Waals surface area contributed by atoms with Crippen LogP contribution in [-0.2, 0) is 16.6 Å². The Labute approximate surface area is 161 Å². The summed E-state index contributed by atoms with van der Waals surface area (Å²) in [6.07, 6.45) is 4.51. The number of hydrogen-bond acceptors (Lipinski definition) is 4. The summed E-state index contributed by atoms with van der Waals surface area (Å²) in [5.74, 6) is 0.695. The molecule has 148 valence electrons. The lowest BCUT2D eigenvalue weighted by molar-refractivity contribution is -0.123. The molecule has 0 aliphatic carbocycles. The Kier molecular flexibility index (Phi) is 5.14. The fourth-order valence-corrected chi connectivity index (χ4v) is 4.05. The van der Waals surface area contributed by atoms with Crippen molar-refractivity contribution in [1.82, 2.24) is 25.5 Å². The predicted octanol–water partition coefficient (Wildman–Crippen LogP) is 2.32. The molecule has 2 N–H and O–H groups in total. The lowest BCUT2D eigenvalue weighted by Crippen LogP contribution is -2.55. The first-order chi connectivity index (χ1) is 12.6. The van der Waals surface area contributed by atoms with E-state index in [1.54, 1.807) is 7.05 Å². The predicted molar refractivity (Wildman–Crippen MR) is 103 cm³/mol. The molecule has 27 heavy (non-hydrogen) atoms. The summed E-state index contributed by atoms with van der Waals surface area (Å²) in [7, 11) is 1.59. The number of nitrogens with zero attached hydrogens (tertiary/aromatic N) is 3. The van der Waals surface area contributed by atoms with Crippen LogP contribution in [0.2, 0.25) is 0 Å². The number of rotatable bonds is 3. The van der Waals surface area contributed by atoms with Gasteiger partial charge in [0.1, 0.15) is 11.9 Å². The summed E-state index contributed by atoms with van der Waals surface area (Å²) in [5.41, 5.74) is 2.02. The van der Waals surface area contributed by atoms with E-state index in [1.807, 2.05) is 24.9 Å². The van der Waals surface area contributed by atoms with Gasteiger partial charge in [-0.25, -0.2) is 14.8 Å². The van der Waals surface area contributed by atoms with Gasteiger partial charge in [0.25, 0.3) is 0 Å². The van der Waals surface area contributed by atoms with Crippen molar-refractivity contribution in [2.24, 2.45) is 5.92 Å². The maximum atomic E-state index is 13.0. The Morgan fingerprint density at radius 2 is 1.96 bits per heavy atom. The van der Waals surface area contributed by atoms with Crippen molar-refractivity contribution in [1.29, 1.82) is 0 Å². The molecule has 2 aliphatic heterocycles. The van der Waals surface area contributed by atoms with E-state index in [4.69, 9.17) is 4.98 Å². The number of nitrogens with one attached hydrogen (secondary N) is 2. The standard InChI is InChI=1S/C20H31N5O2/c1-11(2)16(17(26)21-6)24-19(27)25-12-7-8-15(25)13-10-22-18(20(3,4)5)23-14(13)9-12/h10-12,15-16H,7-9H2,1-6H3,(H,21,26)(H,24,27)/t12?,15?,16-/m0/s1. The van der Waals surface area contributed by atoms with E-state index in [0.717, 1.165) is 36.3 Å². The average molecular weight is 374 g/mol. The topological polar surface area (TPSA) is 87.2 Å². The van der Waals surface area contributed by atoms with E-state index in [9.17, 15) is 9.59 Å². The summed E-state index contributed by atoms with van der Waals surface area (Å²) in [5, 5.41) is 5.57. The Hall–Kier alpha value is -2.18. The molecule has 2 aliphatic rings. The number of hydrogen-bond donors (Lipinski definition) is 2. The lowest BCUT2D eigenvalue weighted by Gasteiger charge is -2.37. The molecule has 0 aromatic carbocycles. The highest BCUT2D eigenvalue weighted by Gasteiger charge is 2.44. The minimum absolute atomic E-state index is 0.00901. The van der Waals surface area contributed by atoms with Gasteiger partial charge in [-0.05, 0) is 18.8 Å². The van der Waals surface area contributed by atoms with E-state index in [1.165, 1.54) is 0 Å². The van der Waals surface area contributed by atoms with E-state index in [2.05, 4.69) is 36.4 Å². The van der Waals surface area contributed by atoms with E-state index < -0.39 is 6.04 Å². The van der Waals surface area contributed by atoms with Gasteiger partial charge >= 0.3 is 6.03 Å². The molecule has 3 heterocycles. The maximum absolute atomic E-state index is 13.0. The van der Waals surface area contributed by atoms with Crippen molar-refractivity contribution in [3.63, 3.8) is 0 Å². The van der Waals surface area contributed by atoms with Crippen LogP contribution in [0.5, 0.6) is 0 Å². The molecule has 1 fully saturated rings. The van der Waals surface area contributed by atoms with Crippen LogP contribution in [0, 0.1) is 5.92 Å². The van der Waals surface area contributed by atoms with Crippen LogP contribution in [-0.4, -0.2) is 45.9 Å². The van der Waals surface area contributed by atoms with Gasteiger partial charge in [-0.2, -0.15) is 0 Å². The Bertz CT molecular complexity index is 740. The highest BCUT2D eigenvalue weighted by molar-refractivity contribution is 5.87. The Balaban J connectivity index is 1.84. The Morgan fingerprint density at radius 3 is 2.56 bits per heavy atom.